The van der Waals surface area contributed by atoms with Crippen molar-refractivity contribution < 1.29 is 34.1 Å². The van der Waals surface area contributed by atoms with Gasteiger partial charge in [0.05, 0.1) is 18.5 Å². The molecule has 3 aromatic rings. The van der Waals surface area contributed by atoms with Crippen molar-refractivity contribution in [3.63, 3.8) is 0 Å². The zero-order chi connectivity index (χ0) is 38.0. The molecule has 53 heavy (non-hydrogen) atoms. The average molecular weight is 733 g/mol. The Hall–Kier alpha value is -4.91. The van der Waals surface area contributed by atoms with Crippen molar-refractivity contribution in [2.45, 2.75) is 109 Å². The molecule has 4 amide bonds. The second kappa shape index (κ2) is 21.6. The Balaban J connectivity index is 1.44. The summed E-state index contributed by atoms with van der Waals surface area (Å²) >= 11 is 0. The third kappa shape index (κ3) is 14.6. The number of carbonyl (C=O) groups excluding carboxylic acids is 3. The van der Waals surface area contributed by atoms with E-state index in [1.807, 2.05) is 36.4 Å². The summed E-state index contributed by atoms with van der Waals surface area (Å²) < 4.78 is 5.35. The average Bonchev–Trinajstić information content (AvgIpc) is 3.67. The van der Waals surface area contributed by atoms with Crippen LogP contribution in [0.5, 0.6) is 0 Å². The zero-order valence-electron chi connectivity index (χ0n) is 30.8. The van der Waals surface area contributed by atoms with Gasteiger partial charge in [-0.1, -0.05) is 107 Å². The molecule has 1 aromatic heterocycles. The molecular formula is C40H56N6O7. The molecule has 0 spiro atoms. The highest BCUT2D eigenvalue weighted by atomic mass is 16.5. The molecule has 1 aliphatic rings. The van der Waals surface area contributed by atoms with Crippen LogP contribution in [0.15, 0.2) is 73.2 Å². The molecule has 0 radical (unpaired) electrons. The highest BCUT2D eigenvalue weighted by molar-refractivity contribution is 5.91. The molecule has 288 valence electrons. The number of rotatable bonds is 20. The van der Waals surface area contributed by atoms with Crippen LogP contribution in [-0.4, -0.2) is 75.0 Å². The van der Waals surface area contributed by atoms with Crippen LogP contribution in [0.2, 0.25) is 0 Å². The number of nitrogens with zero attached hydrogens (tertiary/aromatic N) is 1. The van der Waals surface area contributed by atoms with Gasteiger partial charge < -0.3 is 41.2 Å². The van der Waals surface area contributed by atoms with E-state index < -0.39 is 48.2 Å². The number of hydrogen-bond donors (Lipinski definition) is 7. The summed E-state index contributed by atoms with van der Waals surface area (Å²) in [6, 6.07) is 15.7. The lowest BCUT2D eigenvalue weighted by atomic mass is 9.80. The van der Waals surface area contributed by atoms with E-state index >= 15 is 0 Å². The second-order valence-electron chi connectivity index (χ2n) is 14.5. The minimum Gasteiger partial charge on any atom is -0.465 e. The highest BCUT2D eigenvalue weighted by Gasteiger charge is 2.33. The zero-order valence-corrected chi connectivity index (χ0v) is 30.8. The quantitative estimate of drug-likeness (QED) is 0.0833. The number of H-pyrrole nitrogens is 1. The molecule has 13 nitrogen and oxygen atoms in total. The van der Waals surface area contributed by atoms with Gasteiger partial charge in [-0.3, -0.25) is 9.59 Å². The lowest BCUT2D eigenvalue weighted by Gasteiger charge is -2.34. The number of aliphatic hydroxyl groups is 1. The number of carbonyl (C=O) groups is 4. The summed E-state index contributed by atoms with van der Waals surface area (Å²) in [5.41, 5.74) is 2.26. The molecule has 5 atom stereocenters. The first-order valence-corrected chi connectivity index (χ1v) is 18.8. The van der Waals surface area contributed by atoms with Gasteiger partial charge >= 0.3 is 12.2 Å². The van der Waals surface area contributed by atoms with Gasteiger partial charge in [0.15, 0.2) is 0 Å². The Morgan fingerprint density at radius 3 is 2.13 bits per heavy atom. The third-order valence-electron chi connectivity index (χ3n) is 10.1. The Bertz CT molecular complexity index is 1530. The van der Waals surface area contributed by atoms with Crippen LogP contribution >= 0.6 is 0 Å². The van der Waals surface area contributed by atoms with Gasteiger partial charge in [-0.05, 0) is 48.1 Å². The Kier molecular flexibility index (Phi) is 16.6. The second-order valence-corrected chi connectivity index (χ2v) is 14.5. The predicted octanol–water partition coefficient (Wildman–Crippen LogP) is 5.11. The standard InChI is InChI=1S/C40H56N6O7/c1-27(2)31(18-19-42-40(52)53-25-30-16-10-5-11-17-30)22-36(47)33(20-28-12-6-3-7-13-28)44-38(49)35(23-32-24-41-26-43-32)45-37(48)34(46-39(50)51)21-29-14-8-4-9-15-29/h4-5,8-11,14-17,24,26-28,31,33-36,46-47H,3,6-7,12-13,18-23,25H2,1-2H3,(H,41,43)(H,42,52)(H,44,49)(H,45,48)(H,50,51)/t31-,33-,34-,35-,36+/m0/s1. The van der Waals surface area contributed by atoms with Crippen molar-refractivity contribution in [3.05, 3.63) is 90.0 Å². The number of hydrogen-bond acceptors (Lipinski definition) is 7. The molecule has 1 saturated carbocycles. The number of imidazole rings is 1. The van der Waals surface area contributed by atoms with Gasteiger partial charge in [0.1, 0.15) is 18.7 Å². The van der Waals surface area contributed by atoms with E-state index in [9.17, 15) is 29.4 Å². The van der Waals surface area contributed by atoms with Crippen LogP contribution in [0.1, 0.15) is 82.0 Å². The molecule has 0 aliphatic heterocycles. The van der Waals surface area contributed by atoms with Crippen molar-refractivity contribution in [1.29, 1.82) is 0 Å². The Morgan fingerprint density at radius 1 is 0.868 bits per heavy atom. The van der Waals surface area contributed by atoms with E-state index in [0.29, 0.717) is 37.4 Å². The number of aromatic amines is 1. The van der Waals surface area contributed by atoms with Crippen LogP contribution in [0.4, 0.5) is 9.59 Å². The molecule has 1 fully saturated rings. The largest absolute Gasteiger partial charge is 0.465 e. The first-order valence-electron chi connectivity index (χ1n) is 18.8. The van der Waals surface area contributed by atoms with Crippen molar-refractivity contribution in [1.82, 2.24) is 31.2 Å². The van der Waals surface area contributed by atoms with E-state index in [1.165, 1.54) is 12.7 Å². The molecule has 7 N–H and O–H groups in total. The number of aromatic nitrogens is 2. The van der Waals surface area contributed by atoms with Crippen LogP contribution < -0.4 is 21.3 Å². The van der Waals surface area contributed by atoms with Gasteiger partial charge in [0.2, 0.25) is 11.8 Å². The monoisotopic (exact) mass is 732 g/mol. The van der Waals surface area contributed by atoms with Crippen molar-refractivity contribution in [3.8, 4) is 0 Å². The summed E-state index contributed by atoms with van der Waals surface area (Å²) in [6.45, 7) is 4.70. The number of nitrogens with one attached hydrogen (secondary N) is 5. The van der Waals surface area contributed by atoms with E-state index in [2.05, 4.69) is 45.1 Å². The summed E-state index contributed by atoms with van der Waals surface area (Å²) in [6.07, 6.45) is 7.45. The fraction of sp³-hybridized carbons (Fsp3) is 0.525. The molecule has 4 rings (SSSR count). The number of amides is 4. The molecule has 1 aliphatic carbocycles. The van der Waals surface area contributed by atoms with Gasteiger partial charge in [-0.25, -0.2) is 14.6 Å². The molecule has 0 saturated heterocycles. The van der Waals surface area contributed by atoms with E-state index in [0.717, 1.165) is 36.8 Å². The van der Waals surface area contributed by atoms with E-state index in [1.54, 1.807) is 30.5 Å². The third-order valence-corrected chi connectivity index (χ3v) is 10.1. The Labute approximate surface area is 312 Å². The molecular weight excluding hydrogens is 676 g/mol. The summed E-state index contributed by atoms with van der Waals surface area (Å²) in [5.74, 6) is -0.571. The first-order chi connectivity index (χ1) is 25.6. The van der Waals surface area contributed by atoms with Crippen LogP contribution in [0.25, 0.3) is 0 Å². The number of ether oxygens (including phenoxy) is 1. The molecule has 13 heteroatoms. The van der Waals surface area contributed by atoms with E-state index in [4.69, 9.17) is 4.74 Å². The normalized spacial score (nSPS) is 16.1. The molecule has 2 aromatic carbocycles. The minimum absolute atomic E-state index is 0.0338. The topological polar surface area (TPSA) is 195 Å². The van der Waals surface area contributed by atoms with Crippen molar-refractivity contribution in [2.24, 2.45) is 17.8 Å². The van der Waals surface area contributed by atoms with Crippen LogP contribution in [0.3, 0.4) is 0 Å². The fourth-order valence-corrected chi connectivity index (χ4v) is 7.01. The van der Waals surface area contributed by atoms with Crippen molar-refractivity contribution in [2.75, 3.05) is 6.54 Å². The Morgan fingerprint density at radius 2 is 1.51 bits per heavy atom. The SMILES string of the molecule is CC(C)[C@@H](CCNC(=O)OCc1ccccc1)C[C@@H](O)[C@H](CC1CCCCC1)NC(=O)[C@H](Cc1cnc[nH]1)NC(=O)[C@H](Cc1ccccc1)NC(=O)O. The molecule has 0 unspecified atom stereocenters. The van der Waals surface area contributed by atoms with Gasteiger partial charge in [-0.15, -0.1) is 0 Å². The highest BCUT2D eigenvalue weighted by Crippen LogP contribution is 2.30. The minimum atomic E-state index is -1.36. The predicted molar refractivity (Wildman–Crippen MR) is 201 cm³/mol. The lowest BCUT2D eigenvalue weighted by molar-refractivity contribution is -0.131. The summed E-state index contributed by atoms with van der Waals surface area (Å²) in [4.78, 5) is 58.8. The molecule has 0 bridgehead atoms. The maximum atomic E-state index is 14.1. The molecule has 1 heterocycles. The lowest BCUT2D eigenvalue weighted by Crippen LogP contribution is -2.57. The smallest absolute Gasteiger partial charge is 0.407 e. The van der Waals surface area contributed by atoms with Gasteiger partial charge in [0, 0.05) is 31.3 Å². The van der Waals surface area contributed by atoms with E-state index in [-0.39, 0.29) is 31.3 Å². The summed E-state index contributed by atoms with van der Waals surface area (Å²) in [5, 5.41) is 32.3. The fourth-order valence-electron chi connectivity index (χ4n) is 7.01. The van der Waals surface area contributed by atoms with Gasteiger partial charge in [-0.2, -0.15) is 0 Å². The summed E-state index contributed by atoms with van der Waals surface area (Å²) in [7, 11) is 0. The maximum absolute atomic E-state index is 14.1. The number of alkyl carbamates (subject to hydrolysis) is 1. The number of carboxylic acid groups (broad SMARTS) is 1. The first kappa shape index (κ1) is 40.9. The van der Waals surface area contributed by atoms with Crippen LogP contribution in [-0.2, 0) is 33.8 Å². The number of benzene rings is 2. The van der Waals surface area contributed by atoms with Crippen LogP contribution in [0, 0.1) is 17.8 Å². The van der Waals surface area contributed by atoms with Crippen molar-refractivity contribution >= 4 is 24.0 Å². The maximum Gasteiger partial charge on any atom is 0.407 e. The number of aliphatic hydroxyl groups excluding tert-OH is 1. The van der Waals surface area contributed by atoms with Gasteiger partial charge in [0.25, 0.3) is 0 Å².